The van der Waals surface area contributed by atoms with Gasteiger partial charge in [0.25, 0.3) is 0 Å². The predicted molar refractivity (Wildman–Crippen MR) is 193 cm³/mol. The van der Waals surface area contributed by atoms with E-state index >= 15 is 0 Å². The van der Waals surface area contributed by atoms with E-state index in [0.717, 1.165) is 99.0 Å². The number of benzene rings is 4. The molecule has 4 aromatic heterocycles. The first-order valence-corrected chi connectivity index (χ1v) is 16.7. The molecule has 4 heterocycles. The number of hydrogen-bond donors (Lipinski definition) is 0. The van der Waals surface area contributed by atoms with Crippen LogP contribution in [0.2, 0.25) is 0 Å². The number of aromatic nitrogens is 6. The van der Waals surface area contributed by atoms with E-state index in [1.165, 1.54) is 21.8 Å². The third kappa shape index (κ3) is 5.47. The quantitative estimate of drug-likeness (QED) is 0.154. The van der Waals surface area contributed by atoms with Gasteiger partial charge in [-0.05, 0) is 36.4 Å². The van der Waals surface area contributed by atoms with Gasteiger partial charge in [-0.3, -0.25) is 0 Å². The predicted octanol–water partition coefficient (Wildman–Crippen LogP) is 7.03. The Kier molecular flexibility index (Phi) is 7.15. The summed E-state index contributed by atoms with van der Waals surface area (Å²) in [5.74, 6) is 0. The summed E-state index contributed by atoms with van der Waals surface area (Å²) < 4.78 is 6.65. The van der Waals surface area contributed by atoms with Gasteiger partial charge in [0.05, 0.1) is 101 Å². The summed E-state index contributed by atoms with van der Waals surface area (Å²) in [5, 5.41) is 2.35. The topological polar surface area (TPSA) is 61.4 Å². The molecule has 0 unspecified atom stereocenters. The fourth-order valence-corrected chi connectivity index (χ4v) is 7.11. The van der Waals surface area contributed by atoms with Crippen molar-refractivity contribution in [1.29, 1.82) is 0 Å². The number of quaternary nitrogens is 2. The fourth-order valence-electron chi connectivity index (χ4n) is 7.11. The second-order valence-electron chi connectivity index (χ2n) is 14.2. The van der Waals surface area contributed by atoms with Gasteiger partial charge >= 0.3 is 0 Å². The van der Waals surface area contributed by atoms with E-state index in [2.05, 4.69) is 98.0 Å². The molecule has 236 valence electrons. The average molecular weight is 623 g/mol. The molecule has 0 amide bonds. The molecule has 0 spiro atoms. The highest BCUT2D eigenvalue weighted by atomic mass is 15.3. The summed E-state index contributed by atoms with van der Waals surface area (Å²) >= 11 is 0. The lowest BCUT2D eigenvalue weighted by Crippen LogP contribution is -2.47. The van der Waals surface area contributed by atoms with Crippen molar-refractivity contribution >= 4 is 66.2 Å². The van der Waals surface area contributed by atoms with Gasteiger partial charge in [0.15, 0.2) is 11.3 Å². The minimum atomic E-state index is 0.895. The molecule has 4 aromatic carbocycles. The van der Waals surface area contributed by atoms with Gasteiger partial charge in [0.1, 0.15) is 11.0 Å². The molecule has 0 radical (unpaired) electrons. The summed E-state index contributed by atoms with van der Waals surface area (Å²) in [4.78, 5) is 20.2. The Balaban J connectivity index is 0.959. The van der Waals surface area contributed by atoms with Gasteiger partial charge in [0, 0.05) is 17.2 Å². The Morgan fingerprint density at radius 3 is 1.23 bits per heavy atom. The molecule has 0 fully saturated rings. The standard InChI is InChI=1S/C39H42N8/c1-46(2,26-22-44-34-20-11-5-14-28(34)36-38(44)42-32-18-9-7-16-30(32)40-36)24-13-25-47(3,4)27-23-45-35-21-12-6-15-29(35)37-39(45)43-33-19-10-8-17-31(33)41-37/h5-12,14-21H,13,22-27H2,1-4H3/q+2. The Bertz CT molecular complexity index is 2250. The van der Waals surface area contributed by atoms with Gasteiger partial charge < -0.3 is 18.1 Å². The summed E-state index contributed by atoms with van der Waals surface area (Å²) in [6, 6.07) is 33.5. The first-order valence-electron chi connectivity index (χ1n) is 16.7. The van der Waals surface area contributed by atoms with Crippen LogP contribution in [-0.4, -0.2) is 92.4 Å². The molecule has 8 nitrogen and oxygen atoms in total. The first kappa shape index (κ1) is 29.5. The van der Waals surface area contributed by atoms with Crippen LogP contribution in [0.25, 0.3) is 66.2 Å². The molecule has 47 heavy (non-hydrogen) atoms. The third-order valence-electron chi connectivity index (χ3n) is 9.90. The second kappa shape index (κ2) is 11.4. The molecule has 8 rings (SSSR count). The van der Waals surface area contributed by atoms with Crippen molar-refractivity contribution in [2.45, 2.75) is 19.5 Å². The molecule has 0 aliphatic rings. The zero-order valence-corrected chi connectivity index (χ0v) is 27.8. The monoisotopic (exact) mass is 622 g/mol. The van der Waals surface area contributed by atoms with Crippen molar-refractivity contribution < 1.29 is 8.97 Å². The van der Waals surface area contributed by atoms with Gasteiger partial charge in [-0.2, -0.15) is 0 Å². The Labute approximate surface area is 274 Å². The Morgan fingerprint density at radius 2 is 0.809 bits per heavy atom. The van der Waals surface area contributed by atoms with Crippen LogP contribution >= 0.6 is 0 Å². The molecule has 0 saturated heterocycles. The van der Waals surface area contributed by atoms with Crippen LogP contribution in [0.5, 0.6) is 0 Å². The van der Waals surface area contributed by atoms with E-state index in [4.69, 9.17) is 19.9 Å². The molecule has 0 atom stereocenters. The van der Waals surface area contributed by atoms with Crippen molar-refractivity contribution in [3.63, 3.8) is 0 Å². The fraction of sp³-hybridized carbons (Fsp3) is 0.282. The maximum Gasteiger partial charge on any atom is 0.160 e. The van der Waals surface area contributed by atoms with Crippen LogP contribution in [0.1, 0.15) is 6.42 Å². The van der Waals surface area contributed by atoms with Crippen LogP contribution < -0.4 is 0 Å². The van der Waals surface area contributed by atoms with Crippen LogP contribution in [0, 0.1) is 0 Å². The molecule has 8 aromatic rings. The molecule has 8 heteroatoms. The lowest BCUT2D eigenvalue weighted by molar-refractivity contribution is -0.909. The van der Waals surface area contributed by atoms with E-state index in [1.807, 2.05) is 36.4 Å². The number of nitrogens with zero attached hydrogens (tertiary/aromatic N) is 8. The molecular weight excluding hydrogens is 580 g/mol. The first-order chi connectivity index (χ1) is 22.8. The number of likely N-dealkylation sites (N-methyl/N-ethyl adjacent to an activating group) is 2. The highest BCUT2D eigenvalue weighted by molar-refractivity contribution is 6.07. The average Bonchev–Trinajstić information content (AvgIpc) is 3.55. The van der Waals surface area contributed by atoms with Crippen molar-refractivity contribution in [2.75, 3.05) is 54.4 Å². The molecule has 0 bridgehead atoms. The highest BCUT2D eigenvalue weighted by Gasteiger charge is 2.23. The number of hydrogen-bond acceptors (Lipinski definition) is 4. The molecular formula is C39H42N8+2. The summed E-state index contributed by atoms with van der Waals surface area (Å²) in [5.41, 5.74) is 10.1. The zero-order valence-electron chi connectivity index (χ0n) is 27.8. The number of para-hydroxylation sites is 6. The van der Waals surface area contributed by atoms with Crippen LogP contribution in [0.3, 0.4) is 0 Å². The minimum Gasteiger partial charge on any atom is -0.327 e. The zero-order chi connectivity index (χ0) is 32.2. The maximum absolute atomic E-state index is 5.08. The second-order valence-corrected chi connectivity index (χ2v) is 14.2. The molecule has 0 saturated carbocycles. The summed E-state index contributed by atoms with van der Waals surface area (Å²) in [6.07, 6.45) is 1.15. The van der Waals surface area contributed by atoms with Gasteiger partial charge in [-0.15, -0.1) is 0 Å². The van der Waals surface area contributed by atoms with E-state index < -0.39 is 0 Å². The van der Waals surface area contributed by atoms with Gasteiger partial charge in [0.2, 0.25) is 0 Å². The SMILES string of the molecule is C[N+](C)(CCC[N+](C)(C)CCn1c2ccccc2c2nc3ccccc3nc21)CCn1c2ccccc2c2nc3ccccc3nc21. The third-order valence-corrected chi connectivity index (χ3v) is 9.90. The number of rotatable bonds is 10. The Morgan fingerprint density at radius 1 is 0.447 bits per heavy atom. The largest absolute Gasteiger partial charge is 0.327 e. The van der Waals surface area contributed by atoms with E-state index in [0.29, 0.717) is 0 Å². The van der Waals surface area contributed by atoms with E-state index in [9.17, 15) is 0 Å². The van der Waals surface area contributed by atoms with Crippen molar-refractivity contribution in [1.82, 2.24) is 29.1 Å². The highest BCUT2D eigenvalue weighted by Crippen LogP contribution is 2.30. The summed E-state index contributed by atoms with van der Waals surface area (Å²) in [6.45, 7) is 6.05. The normalized spacial score (nSPS) is 12.9. The lowest BCUT2D eigenvalue weighted by atomic mass is 10.2. The molecule has 0 aliphatic carbocycles. The van der Waals surface area contributed by atoms with Gasteiger partial charge in [-0.1, -0.05) is 60.7 Å². The van der Waals surface area contributed by atoms with Crippen molar-refractivity contribution in [2.24, 2.45) is 0 Å². The van der Waals surface area contributed by atoms with E-state index in [-0.39, 0.29) is 0 Å². The van der Waals surface area contributed by atoms with E-state index in [1.54, 1.807) is 0 Å². The molecule has 0 aliphatic heterocycles. The van der Waals surface area contributed by atoms with Crippen LogP contribution in [-0.2, 0) is 13.1 Å². The smallest absolute Gasteiger partial charge is 0.160 e. The lowest BCUT2D eigenvalue weighted by Gasteiger charge is -2.34. The van der Waals surface area contributed by atoms with Crippen LogP contribution in [0.4, 0.5) is 0 Å². The maximum atomic E-state index is 5.08. The number of fused-ring (bicyclic) bond motifs is 8. The Hall–Kier alpha value is -4.92. The van der Waals surface area contributed by atoms with Crippen LogP contribution in [0.15, 0.2) is 97.1 Å². The summed E-state index contributed by atoms with van der Waals surface area (Å²) in [7, 11) is 9.43. The molecule has 0 N–H and O–H groups in total. The van der Waals surface area contributed by atoms with Crippen molar-refractivity contribution in [3.8, 4) is 0 Å². The van der Waals surface area contributed by atoms with Gasteiger partial charge in [-0.25, -0.2) is 19.9 Å². The minimum absolute atomic E-state index is 0.895. The van der Waals surface area contributed by atoms with Crippen molar-refractivity contribution in [3.05, 3.63) is 97.1 Å².